The first kappa shape index (κ1) is 19.3. The third-order valence-electron chi connectivity index (χ3n) is 5.50. The molecule has 0 aliphatic carbocycles. The van der Waals surface area contributed by atoms with Crippen molar-refractivity contribution in [2.45, 2.75) is 6.54 Å². The van der Waals surface area contributed by atoms with Gasteiger partial charge in [0.25, 0.3) is 5.91 Å². The highest BCUT2D eigenvalue weighted by Gasteiger charge is 2.19. The normalized spacial score (nSPS) is 13.1. The predicted octanol–water partition coefficient (Wildman–Crippen LogP) is 4.07. The van der Waals surface area contributed by atoms with Crippen LogP contribution in [-0.2, 0) is 6.54 Å². The Morgan fingerprint density at radius 2 is 1.91 bits per heavy atom. The summed E-state index contributed by atoms with van der Waals surface area (Å²) in [7, 11) is 0. The number of carbonyl (C=O) groups is 1. The van der Waals surface area contributed by atoms with Crippen LogP contribution in [0.2, 0.25) is 0 Å². The van der Waals surface area contributed by atoms with E-state index < -0.39 is 11.5 Å². The lowest BCUT2D eigenvalue weighted by Crippen LogP contribution is -2.19. The molecule has 0 unspecified atom stereocenters. The van der Waals surface area contributed by atoms with Crippen LogP contribution in [0.5, 0.6) is 11.5 Å². The molecule has 6 rings (SSSR count). The van der Waals surface area contributed by atoms with E-state index in [1.54, 1.807) is 16.7 Å². The van der Waals surface area contributed by atoms with Crippen LogP contribution in [0.25, 0.3) is 32.0 Å². The van der Waals surface area contributed by atoms with E-state index in [0.717, 1.165) is 21.0 Å². The summed E-state index contributed by atoms with van der Waals surface area (Å²) in [4.78, 5) is 30.3. The third-order valence-corrected chi connectivity index (χ3v) is 6.54. The number of thiazole rings is 1. The lowest BCUT2D eigenvalue weighted by molar-refractivity contribution is 0.0994. The fourth-order valence-corrected chi connectivity index (χ4v) is 4.99. The zero-order chi connectivity index (χ0) is 22.5. The van der Waals surface area contributed by atoms with E-state index in [-0.39, 0.29) is 18.9 Å². The van der Waals surface area contributed by atoms with Crippen molar-refractivity contribution < 1.29 is 18.7 Å². The van der Waals surface area contributed by atoms with Gasteiger partial charge in [0, 0.05) is 17.5 Å². The van der Waals surface area contributed by atoms with Crippen molar-refractivity contribution in [1.29, 1.82) is 0 Å². The molecule has 5 aromatic rings. The molecule has 0 fully saturated rings. The lowest BCUT2D eigenvalue weighted by Gasteiger charge is -2.04. The van der Waals surface area contributed by atoms with Gasteiger partial charge in [-0.25, -0.2) is 4.79 Å². The summed E-state index contributed by atoms with van der Waals surface area (Å²) in [5.74, 6) is 3.11. The molecule has 2 aromatic heterocycles. The number of amides is 1. The number of carbonyl (C=O) groups excluding carboxylic acids is 1. The number of fused-ring (bicyclic) bond motifs is 5. The largest absolute Gasteiger partial charge is 0.454 e. The van der Waals surface area contributed by atoms with Crippen LogP contribution < -0.4 is 19.9 Å². The highest BCUT2D eigenvalue weighted by molar-refractivity contribution is 7.16. The van der Waals surface area contributed by atoms with E-state index in [1.165, 1.54) is 11.3 Å². The zero-order valence-corrected chi connectivity index (χ0v) is 17.8. The zero-order valence-electron chi connectivity index (χ0n) is 17.0. The molecule has 3 heterocycles. The SMILES string of the molecule is C#CCn1c(=NC(=O)c2cc3c(ccc4ccccc43)oc2=O)sc2cc3c(cc21)OCO3. The molecule has 0 bridgehead atoms. The van der Waals surface area contributed by atoms with Gasteiger partial charge in [0.05, 0.1) is 16.8 Å². The molecule has 1 aliphatic rings. The summed E-state index contributed by atoms with van der Waals surface area (Å²) in [6, 6.07) is 16.5. The minimum atomic E-state index is -0.739. The van der Waals surface area contributed by atoms with Gasteiger partial charge in [-0.15, -0.1) is 6.42 Å². The highest BCUT2D eigenvalue weighted by Crippen LogP contribution is 2.37. The Balaban J connectivity index is 1.54. The van der Waals surface area contributed by atoms with E-state index >= 15 is 0 Å². The molecule has 0 atom stereocenters. The van der Waals surface area contributed by atoms with Crippen molar-refractivity contribution in [1.82, 2.24) is 4.57 Å². The molecular weight excluding hydrogens is 440 g/mol. The van der Waals surface area contributed by atoms with Crippen molar-refractivity contribution in [3.05, 3.63) is 75.4 Å². The second-order valence-corrected chi connectivity index (χ2v) is 8.42. The molecule has 0 spiro atoms. The topological polar surface area (TPSA) is 83.0 Å². The molecule has 1 amide bonds. The average molecular weight is 454 g/mol. The number of hydrogen-bond acceptors (Lipinski definition) is 6. The van der Waals surface area contributed by atoms with Gasteiger partial charge in [-0.3, -0.25) is 4.79 Å². The second kappa shape index (κ2) is 7.36. The Bertz CT molecular complexity index is 1790. The maximum Gasteiger partial charge on any atom is 0.349 e. The smallest absolute Gasteiger partial charge is 0.349 e. The van der Waals surface area contributed by atoms with E-state index in [4.69, 9.17) is 20.3 Å². The van der Waals surface area contributed by atoms with E-state index in [2.05, 4.69) is 10.9 Å². The predicted molar refractivity (Wildman–Crippen MR) is 125 cm³/mol. The Hall–Kier alpha value is -4.35. The first-order valence-corrected chi connectivity index (χ1v) is 10.8. The molecule has 0 saturated heterocycles. The van der Waals surface area contributed by atoms with Gasteiger partial charge in [-0.05, 0) is 22.9 Å². The van der Waals surface area contributed by atoms with Gasteiger partial charge < -0.3 is 18.5 Å². The number of benzene rings is 3. The lowest BCUT2D eigenvalue weighted by atomic mass is 10.0. The van der Waals surface area contributed by atoms with Gasteiger partial charge in [0.2, 0.25) is 6.79 Å². The van der Waals surface area contributed by atoms with Gasteiger partial charge in [-0.2, -0.15) is 4.99 Å². The number of rotatable bonds is 2. The average Bonchev–Trinajstić information content (AvgIpc) is 3.41. The van der Waals surface area contributed by atoms with E-state index in [1.807, 2.05) is 42.5 Å². The summed E-state index contributed by atoms with van der Waals surface area (Å²) in [5, 5.41) is 2.53. The Kier molecular flexibility index (Phi) is 4.31. The van der Waals surface area contributed by atoms with Gasteiger partial charge in [0.15, 0.2) is 16.3 Å². The summed E-state index contributed by atoms with van der Waals surface area (Å²) in [6.45, 7) is 0.354. The monoisotopic (exact) mass is 454 g/mol. The number of aromatic nitrogens is 1. The van der Waals surface area contributed by atoms with Crippen LogP contribution in [0.1, 0.15) is 10.4 Å². The standard InChI is InChI=1S/C25H14N2O5S/c1-2-9-27-18-11-20-21(31-13-30-20)12-22(18)33-25(27)26-23(28)17-10-16-15-6-4-3-5-14(15)7-8-19(16)32-24(17)29/h1,3-8,10-12H,9,13H2. The Morgan fingerprint density at radius 1 is 1.09 bits per heavy atom. The summed E-state index contributed by atoms with van der Waals surface area (Å²) in [5.41, 5.74) is 0.300. The quantitative estimate of drug-likeness (QED) is 0.228. The minimum absolute atomic E-state index is 0.141. The Morgan fingerprint density at radius 3 is 2.76 bits per heavy atom. The molecule has 0 saturated carbocycles. The first-order chi connectivity index (χ1) is 16.1. The van der Waals surface area contributed by atoms with Gasteiger partial charge in [-0.1, -0.05) is 47.6 Å². The molecule has 33 heavy (non-hydrogen) atoms. The summed E-state index contributed by atoms with van der Waals surface area (Å²) < 4.78 is 18.9. The summed E-state index contributed by atoms with van der Waals surface area (Å²) >= 11 is 1.28. The minimum Gasteiger partial charge on any atom is -0.454 e. The fourth-order valence-electron chi connectivity index (χ4n) is 3.96. The molecule has 0 radical (unpaired) electrons. The van der Waals surface area contributed by atoms with Crippen LogP contribution in [0.4, 0.5) is 0 Å². The number of ether oxygens (including phenoxy) is 2. The first-order valence-electron chi connectivity index (χ1n) is 10.0. The molecule has 1 aliphatic heterocycles. The van der Waals surface area contributed by atoms with Gasteiger partial charge in [0.1, 0.15) is 11.1 Å². The van der Waals surface area contributed by atoms with E-state index in [9.17, 15) is 9.59 Å². The summed E-state index contributed by atoms with van der Waals surface area (Å²) in [6.07, 6.45) is 5.56. The second-order valence-electron chi connectivity index (χ2n) is 7.41. The van der Waals surface area contributed by atoms with Crippen molar-refractivity contribution >= 4 is 49.2 Å². The van der Waals surface area contributed by atoms with Crippen LogP contribution in [0.3, 0.4) is 0 Å². The number of terminal acetylenes is 1. The molecule has 0 N–H and O–H groups in total. The molecule has 7 nitrogen and oxygen atoms in total. The van der Waals surface area contributed by atoms with Crippen molar-refractivity contribution in [2.24, 2.45) is 4.99 Å². The molecular formula is C25H14N2O5S. The highest BCUT2D eigenvalue weighted by atomic mass is 32.1. The maximum absolute atomic E-state index is 13.1. The van der Waals surface area contributed by atoms with Crippen molar-refractivity contribution in [3.8, 4) is 23.8 Å². The van der Waals surface area contributed by atoms with Crippen LogP contribution in [0, 0.1) is 12.3 Å². The number of nitrogens with zero attached hydrogens (tertiary/aromatic N) is 2. The molecule has 8 heteroatoms. The Labute approximate surface area is 190 Å². The van der Waals surface area contributed by atoms with Gasteiger partial charge >= 0.3 is 5.63 Å². The van der Waals surface area contributed by atoms with Crippen molar-refractivity contribution in [3.63, 3.8) is 0 Å². The van der Waals surface area contributed by atoms with E-state index in [0.29, 0.717) is 27.3 Å². The van der Waals surface area contributed by atoms with Crippen LogP contribution >= 0.6 is 11.3 Å². The molecule has 3 aromatic carbocycles. The molecule has 160 valence electrons. The van der Waals surface area contributed by atoms with Crippen LogP contribution in [0.15, 0.2) is 68.8 Å². The van der Waals surface area contributed by atoms with Crippen LogP contribution in [-0.4, -0.2) is 17.3 Å². The van der Waals surface area contributed by atoms with Crippen molar-refractivity contribution in [2.75, 3.05) is 6.79 Å². The number of hydrogen-bond donors (Lipinski definition) is 0. The fraction of sp³-hybridized carbons (Fsp3) is 0.0800. The maximum atomic E-state index is 13.1. The third kappa shape index (κ3) is 3.10.